The average Bonchev–Trinajstić information content (AvgIpc) is 2.76. The Labute approximate surface area is 101 Å². The van der Waals surface area contributed by atoms with E-state index in [4.69, 9.17) is 4.52 Å². The van der Waals surface area contributed by atoms with E-state index in [2.05, 4.69) is 24.0 Å². The second-order valence-electron chi connectivity index (χ2n) is 6.05. The van der Waals surface area contributed by atoms with E-state index < -0.39 is 0 Å². The van der Waals surface area contributed by atoms with Crippen LogP contribution < -0.4 is 0 Å². The largest absolute Gasteiger partial charge is 0.339 e. The number of ketones is 1. The molecule has 0 aliphatic heterocycles. The van der Waals surface area contributed by atoms with E-state index in [-0.39, 0.29) is 0 Å². The Bertz CT molecular complexity index is 440. The molecule has 2 saturated carbocycles. The maximum atomic E-state index is 11.2. The van der Waals surface area contributed by atoms with E-state index in [1.807, 2.05) is 0 Å². The van der Waals surface area contributed by atoms with Crippen molar-refractivity contribution in [3.63, 3.8) is 0 Å². The van der Waals surface area contributed by atoms with Crippen molar-refractivity contribution in [3.8, 4) is 0 Å². The molecular formula is C13H18N2O2. The molecule has 4 heteroatoms. The number of hydrogen-bond acceptors (Lipinski definition) is 4. The summed E-state index contributed by atoms with van der Waals surface area (Å²) >= 11 is 0. The van der Waals surface area contributed by atoms with Crippen molar-refractivity contribution in [2.75, 3.05) is 0 Å². The van der Waals surface area contributed by atoms with Crippen molar-refractivity contribution in [1.82, 2.24) is 10.1 Å². The van der Waals surface area contributed by atoms with Crippen LogP contribution in [0.5, 0.6) is 0 Å². The number of aromatic nitrogens is 2. The first kappa shape index (κ1) is 10.9. The number of carbonyl (C=O) groups is 1. The maximum Gasteiger partial charge on any atom is 0.229 e. The molecule has 1 aromatic rings. The van der Waals surface area contributed by atoms with E-state index in [9.17, 15) is 4.79 Å². The summed E-state index contributed by atoms with van der Waals surface area (Å²) in [7, 11) is 0. The summed E-state index contributed by atoms with van der Waals surface area (Å²) in [5.41, 5.74) is 0.337. The van der Waals surface area contributed by atoms with E-state index in [0.717, 1.165) is 31.0 Å². The van der Waals surface area contributed by atoms with Gasteiger partial charge < -0.3 is 4.52 Å². The fourth-order valence-electron chi connectivity index (χ4n) is 2.65. The number of nitrogens with zero attached hydrogens (tertiary/aromatic N) is 2. The molecule has 1 atom stereocenters. The summed E-state index contributed by atoms with van der Waals surface area (Å²) in [5.74, 6) is 2.74. The van der Waals surface area contributed by atoms with Gasteiger partial charge in [-0.2, -0.15) is 4.98 Å². The number of Topliss-reactive ketones (excluding diaryl/α,β-unsaturated/α-hetero) is 1. The highest BCUT2D eigenvalue weighted by atomic mass is 16.5. The molecule has 1 unspecified atom stereocenters. The number of carbonyl (C=O) groups excluding carboxylic acids is 1. The molecule has 0 saturated heterocycles. The minimum absolute atomic E-state index is 0.302. The maximum absolute atomic E-state index is 11.2. The van der Waals surface area contributed by atoms with Gasteiger partial charge in [-0.1, -0.05) is 19.0 Å². The van der Waals surface area contributed by atoms with Crippen LogP contribution >= 0.6 is 0 Å². The third kappa shape index (κ3) is 2.01. The van der Waals surface area contributed by atoms with E-state index in [0.29, 0.717) is 35.9 Å². The Kier molecular flexibility index (Phi) is 2.35. The smallest absolute Gasteiger partial charge is 0.229 e. The van der Waals surface area contributed by atoms with Gasteiger partial charge >= 0.3 is 0 Å². The zero-order valence-corrected chi connectivity index (χ0v) is 10.4. The summed E-state index contributed by atoms with van der Waals surface area (Å²) in [6.45, 7) is 4.46. The molecule has 2 aliphatic rings. The van der Waals surface area contributed by atoms with Gasteiger partial charge in [0.05, 0.1) is 0 Å². The van der Waals surface area contributed by atoms with Gasteiger partial charge in [0.15, 0.2) is 5.82 Å². The lowest BCUT2D eigenvalue weighted by molar-refractivity contribution is -0.120. The highest BCUT2D eigenvalue weighted by Crippen LogP contribution is 2.57. The molecule has 0 aromatic carbocycles. The lowest BCUT2D eigenvalue weighted by Gasteiger charge is -2.16. The third-order valence-corrected chi connectivity index (χ3v) is 4.18. The Hall–Kier alpha value is -1.19. The van der Waals surface area contributed by atoms with Gasteiger partial charge in [0.2, 0.25) is 5.89 Å². The molecule has 0 N–H and O–H groups in total. The quantitative estimate of drug-likeness (QED) is 0.789. The lowest BCUT2D eigenvalue weighted by atomic mass is 9.88. The fraction of sp³-hybridized carbons (Fsp3) is 0.769. The molecule has 0 bridgehead atoms. The second-order valence-corrected chi connectivity index (χ2v) is 6.05. The minimum atomic E-state index is 0.302. The molecule has 1 aromatic heterocycles. The first-order valence-corrected chi connectivity index (χ1v) is 6.41. The molecule has 17 heavy (non-hydrogen) atoms. The molecule has 3 rings (SSSR count). The summed E-state index contributed by atoms with van der Waals surface area (Å²) in [4.78, 5) is 15.7. The van der Waals surface area contributed by atoms with Gasteiger partial charge in [0, 0.05) is 24.7 Å². The topological polar surface area (TPSA) is 56.0 Å². The van der Waals surface area contributed by atoms with Crippen LogP contribution in [-0.4, -0.2) is 15.9 Å². The molecule has 92 valence electrons. The lowest BCUT2D eigenvalue weighted by Crippen LogP contribution is -2.12. The molecule has 2 fully saturated rings. The van der Waals surface area contributed by atoms with Crippen molar-refractivity contribution in [2.45, 2.75) is 57.8 Å². The second kappa shape index (κ2) is 3.65. The van der Waals surface area contributed by atoms with Crippen LogP contribution in [0.25, 0.3) is 0 Å². The van der Waals surface area contributed by atoms with E-state index in [1.54, 1.807) is 0 Å². The predicted octanol–water partition coefficient (Wildman–Crippen LogP) is 2.81. The van der Waals surface area contributed by atoms with Crippen LogP contribution in [0.4, 0.5) is 0 Å². The van der Waals surface area contributed by atoms with Gasteiger partial charge in [-0.3, -0.25) is 4.79 Å². The Balaban J connectivity index is 1.71. The van der Waals surface area contributed by atoms with E-state index >= 15 is 0 Å². The van der Waals surface area contributed by atoms with Crippen LogP contribution in [-0.2, 0) is 4.79 Å². The molecule has 2 aliphatic carbocycles. The first-order chi connectivity index (χ1) is 8.06. The highest BCUT2D eigenvalue weighted by Gasteiger charge is 2.49. The van der Waals surface area contributed by atoms with Crippen molar-refractivity contribution < 1.29 is 9.32 Å². The van der Waals surface area contributed by atoms with Gasteiger partial charge in [-0.05, 0) is 24.7 Å². The fourth-order valence-corrected chi connectivity index (χ4v) is 2.65. The van der Waals surface area contributed by atoms with Crippen molar-refractivity contribution in [3.05, 3.63) is 11.7 Å². The zero-order chi connectivity index (χ0) is 12.0. The van der Waals surface area contributed by atoms with E-state index in [1.165, 1.54) is 0 Å². The van der Waals surface area contributed by atoms with Crippen molar-refractivity contribution >= 4 is 5.78 Å². The summed E-state index contributed by atoms with van der Waals surface area (Å²) < 4.78 is 5.36. The van der Waals surface area contributed by atoms with Crippen LogP contribution in [0.2, 0.25) is 0 Å². The Morgan fingerprint density at radius 2 is 1.94 bits per heavy atom. The monoisotopic (exact) mass is 234 g/mol. The minimum Gasteiger partial charge on any atom is -0.339 e. The Morgan fingerprint density at radius 3 is 2.53 bits per heavy atom. The first-order valence-electron chi connectivity index (χ1n) is 6.41. The molecule has 0 amide bonds. The normalized spacial score (nSPS) is 28.4. The van der Waals surface area contributed by atoms with Gasteiger partial charge in [0.25, 0.3) is 0 Å². The third-order valence-electron chi connectivity index (χ3n) is 4.18. The summed E-state index contributed by atoms with van der Waals surface area (Å²) in [5, 5.41) is 4.10. The highest BCUT2D eigenvalue weighted by molar-refractivity contribution is 5.79. The molecule has 1 heterocycles. The molecule has 4 nitrogen and oxygen atoms in total. The summed E-state index contributed by atoms with van der Waals surface area (Å²) in [6.07, 6.45) is 4.22. The number of hydrogen-bond donors (Lipinski definition) is 0. The zero-order valence-electron chi connectivity index (χ0n) is 10.4. The number of rotatable bonds is 2. The van der Waals surface area contributed by atoms with Crippen LogP contribution in [0.3, 0.4) is 0 Å². The van der Waals surface area contributed by atoms with Crippen LogP contribution in [0.15, 0.2) is 4.52 Å². The summed E-state index contributed by atoms with van der Waals surface area (Å²) in [6, 6.07) is 0. The average molecular weight is 234 g/mol. The molecular weight excluding hydrogens is 216 g/mol. The molecule has 0 radical (unpaired) electrons. The Morgan fingerprint density at radius 1 is 1.29 bits per heavy atom. The van der Waals surface area contributed by atoms with Gasteiger partial charge in [0.1, 0.15) is 5.78 Å². The molecule has 0 spiro atoms. The van der Waals surface area contributed by atoms with Gasteiger partial charge in [-0.25, -0.2) is 0 Å². The van der Waals surface area contributed by atoms with Crippen molar-refractivity contribution in [2.24, 2.45) is 5.41 Å². The van der Waals surface area contributed by atoms with Gasteiger partial charge in [-0.15, -0.1) is 0 Å². The SMILES string of the molecule is CC1(C)CC1c1noc(C2CCC(=O)CC2)n1. The van der Waals surface area contributed by atoms with Crippen LogP contribution in [0.1, 0.15) is 69.5 Å². The van der Waals surface area contributed by atoms with Crippen molar-refractivity contribution in [1.29, 1.82) is 0 Å². The predicted molar refractivity (Wildman–Crippen MR) is 61.7 cm³/mol. The standard InChI is InChI=1S/C13H18N2O2/c1-13(2)7-10(13)11-14-12(17-15-11)8-3-5-9(16)6-4-8/h8,10H,3-7H2,1-2H3. The van der Waals surface area contributed by atoms with Crippen LogP contribution in [0, 0.1) is 5.41 Å².